The van der Waals surface area contributed by atoms with E-state index < -0.39 is 0 Å². The Morgan fingerprint density at radius 1 is 1.06 bits per heavy atom. The maximum Gasteiger partial charge on any atom is 0.250 e. The summed E-state index contributed by atoms with van der Waals surface area (Å²) in [6, 6.07) is 25.1. The molecular formula is C24H22N4O2S. The summed E-state index contributed by atoms with van der Waals surface area (Å²) < 4.78 is 7.93. The van der Waals surface area contributed by atoms with E-state index in [9.17, 15) is 4.79 Å². The van der Waals surface area contributed by atoms with Gasteiger partial charge in [0.15, 0.2) is 5.16 Å². The fourth-order valence-electron chi connectivity index (χ4n) is 3.09. The molecule has 1 aromatic heterocycles. The Morgan fingerprint density at radius 3 is 2.68 bits per heavy atom. The lowest BCUT2D eigenvalue weighted by Crippen LogP contribution is -2.20. The highest BCUT2D eigenvalue weighted by Crippen LogP contribution is 2.24. The average Bonchev–Trinajstić information content (AvgIpc) is 3.16. The zero-order chi connectivity index (χ0) is 21.5. The largest absolute Gasteiger partial charge is 0.457 e. The third kappa shape index (κ3) is 5.32. The summed E-state index contributed by atoms with van der Waals surface area (Å²) in [4.78, 5) is 16.8. The van der Waals surface area contributed by atoms with Crippen LogP contribution in [0, 0.1) is 0 Å². The molecule has 0 aliphatic rings. The van der Waals surface area contributed by atoms with Crippen molar-refractivity contribution in [3.8, 4) is 11.5 Å². The topological polar surface area (TPSA) is 68.5 Å². The van der Waals surface area contributed by atoms with Crippen molar-refractivity contribution in [3.63, 3.8) is 0 Å². The molecule has 1 heterocycles. The summed E-state index contributed by atoms with van der Waals surface area (Å²) in [5, 5.41) is 4.89. The number of carbonyl (C=O) groups excluding carboxylic acids is 1. The molecule has 0 fully saturated rings. The Morgan fingerprint density at radius 2 is 1.84 bits per heavy atom. The number of thioether (sulfide) groups is 1. The summed E-state index contributed by atoms with van der Waals surface area (Å²) in [6.07, 6.45) is 1.60. The second-order valence-electron chi connectivity index (χ2n) is 6.70. The number of hydrazone groups is 1. The SMILES string of the molecule is CCn1c(SCC(=O)N/N=C/c2cccc(Oc3ccccc3)c2)nc2ccccc21. The minimum absolute atomic E-state index is 0.187. The number of rotatable bonds is 8. The lowest BCUT2D eigenvalue weighted by Gasteiger charge is -2.06. The molecule has 0 atom stereocenters. The first-order valence-electron chi connectivity index (χ1n) is 9.96. The van der Waals surface area contributed by atoms with E-state index >= 15 is 0 Å². The first-order chi connectivity index (χ1) is 15.2. The summed E-state index contributed by atoms with van der Waals surface area (Å²) in [7, 11) is 0. The van der Waals surface area contributed by atoms with Gasteiger partial charge in [-0.05, 0) is 48.9 Å². The molecule has 4 rings (SSSR count). The second-order valence-corrected chi connectivity index (χ2v) is 7.64. The summed E-state index contributed by atoms with van der Waals surface area (Å²) >= 11 is 1.40. The molecule has 3 aromatic carbocycles. The molecule has 0 aliphatic heterocycles. The first-order valence-corrected chi connectivity index (χ1v) is 10.9. The molecule has 7 heteroatoms. The number of para-hydroxylation sites is 3. The number of fused-ring (bicyclic) bond motifs is 1. The van der Waals surface area contributed by atoms with Crippen LogP contribution in [0.1, 0.15) is 12.5 Å². The minimum atomic E-state index is -0.187. The maximum atomic E-state index is 12.2. The molecular weight excluding hydrogens is 408 g/mol. The van der Waals surface area contributed by atoms with Crippen LogP contribution in [0.25, 0.3) is 11.0 Å². The molecule has 1 N–H and O–H groups in total. The molecule has 156 valence electrons. The molecule has 31 heavy (non-hydrogen) atoms. The summed E-state index contributed by atoms with van der Waals surface area (Å²) in [6.45, 7) is 2.86. The molecule has 1 amide bonds. The van der Waals surface area contributed by atoms with Gasteiger partial charge < -0.3 is 9.30 Å². The number of hydrogen-bond acceptors (Lipinski definition) is 5. The molecule has 0 bridgehead atoms. The van der Waals surface area contributed by atoms with Gasteiger partial charge in [0.2, 0.25) is 0 Å². The number of nitrogens with zero attached hydrogens (tertiary/aromatic N) is 3. The third-order valence-corrected chi connectivity index (χ3v) is 5.48. The van der Waals surface area contributed by atoms with Crippen LogP contribution in [0.3, 0.4) is 0 Å². The van der Waals surface area contributed by atoms with Crippen LogP contribution in [0.5, 0.6) is 11.5 Å². The van der Waals surface area contributed by atoms with Gasteiger partial charge in [0.1, 0.15) is 11.5 Å². The third-order valence-electron chi connectivity index (χ3n) is 4.51. The zero-order valence-corrected chi connectivity index (χ0v) is 17.9. The molecule has 0 radical (unpaired) electrons. The number of carbonyl (C=O) groups is 1. The van der Waals surface area contributed by atoms with Crippen LogP contribution in [0.2, 0.25) is 0 Å². The number of aryl methyl sites for hydroxylation is 1. The van der Waals surface area contributed by atoms with Crippen molar-refractivity contribution >= 4 is 34.9 Å². The zero-order valence-electron chi connectivity index (χ0n) is 17.1. The van der Waals surface area contributed by atoms with E-state index in [1.54, 1.807) is 6.21 Å². The average molecular weight is 431 g/mol. The number of ether oxygens (including phenoxy) is 1. The van der Waals surface area contributed by atoms with Gasteiger partial charge in [-0.3, -0.25) is 4.79 Å². The van der Waals surface area contributed by atoms with Crippen LogP contribution in [-0.4, -0.2) is 27.4 Å². The van der Waals surface area contributed by atoms with Crippen molar-refractivity contribution in [2.24, 2.45) is 5.10 Å². The number of benzene rings is 3. The van der Waals surface area contributed by atoms with Gasteiger partial charge in [-0.1, -0.05) is 54.2 Å². The van der Waals surface area contributed by atoms with E-state index in [2.05, 4.69) is 27.0 Å². The second kappa shape index (κ2) is 9.95. The Bertz CT molecular complexity index is 1200. The molecule has 0 unspecified atom stereocenters. The predicted molar refractivity (Wildman–Crippen MR) is 125 cm³/mol. The summed E-state index contributed by atoms with van der Waals surface area (Å²) in [5.74, 6) is 1.51. The number of imidazole rings is 1. The van der Waals surface area contributed by atoms with E-state index in [4.69, 9.17) is 4.74 Å². The fraction of sp³-hybridized carbons (Fsp3) is 0.125. The van der Waals surface area contributed by atoms with Gasteiger partial charge in [0.05, 0.1) is 23.0 Å². The lowest BCUT2D eigenvalue weighted by atomic mass is 10.2. The van der Waals surface area contributed by atoms with Crippen molar-refractivity contribution in [1.82, 2.24) is 15.0 Å². The quantitative estimate of drug-likeness (QED) is 0.240. The molecule has 0 spiro atoms. The predicted octanol–water partition coefficient (Wildman–Crippen LogP) is 5.09. The number of hydrogen-bond donors (Lipinski definition) is 1. The van der Waals surface area contributed by atoms with Crippen LogP contribution in [0.4, 0.5) is 0 Å². The van der Waals surface area contributed by atoms with Crippen molar-refractivity contribution < 1.29 is 9.53 Å². The molecule has 0 saturated heterocycles. The Balaban J connectivity index is 1.32. The van der Waals surface area contributed by atoms with Crippen LogP contribution in [-0.2, 0) is 11.3 Å². The molecule has 6 nitrogen and oxygen atoms in total. The van der Waals surface area contributed by atoms with E-state index in [-0.39, 0.29) is 11.7 Å². The first kappa shape index (κ1) is 20.7. The van der Waals surface area contributed by atoms with Gasteiger partial charge in [-0.25, -0.2) is 10.4 Å². The van der Waals surface area contributed by atoms with Gasteiger partial charge in [0, 0.05) is 6.54 Å². The van der Waals surface area contributed by atoms with E-state index in [1.165, 1.54) is 11.8 Å². The monoisotopic (exact) mass is 430 g/mol. The molecule has 4 aromatic rings. The van der Waals surface area contributed by atoms with Gasteiger partial charge in [-0.2, -0.15) is 5.10 Å². The Kier molecular flexibility index (Phi) is 6.64. The minimum Gasteiger partial charge on any atom is -0.457 e. The molecule has 0 saturated carbocycles. The normalized spacial score (nSPS) is 11.1. The lowest BCUT2D eigenvalue weighted by molar-refractivity contribution is -0.118. The summed E-state index contributed by atoms with van der Waals surface area (Å²) in [5.41, 5.74) is 5.41. The van der Waals surface area contributed by atoms with E-state index in [1.807, 2.05) is 78.9 Å². The smallest absolute Gasteiger partial charge is 0.250 e. The van der Waals surface area contributed by atoms with Gasteiger partial charge >= 0.3 is 0 Å². The number of nitrogens with one attached hydrogen (secondary N) is 1. The van der Waals surface area contributed by atoms with E-state index in [0.29, 0.717) is 5.75 Å². The Labute approximate surface area is 185 Å². The van der Waals surface area contributed by atoms with Crippen LogP contribution < -0.4 is 10.2 Å². The van der Waals surface area contributed by atoms with Crippen molar-refractivity contribution in [1.29, 1.82) is 0 Å². The van der Waals surface area contributed by atoms with Crippen LogP contribution >= 0.6 is 11.8 Å². The van der Waals surface area contributed by atoms with Crippen LogP contribution in [0.15, 0.2) is 89.1 Å². The number of aromatic nitrogens is 2. The van der Waals surface area contributed by atoms with Crippen molar-refractivity contribution in [3.05, 3.63) is 84.4 Å². The van der Waals surface area contributed by atoms with Crippen molar-refractivity contribution in [2.75, 3.05) is 5.75 Å². The standard InChI is InChI=1S/C24H22N4O2S/c1-2-28-22-14-7-6-13-21(22)26-24(28)31-17-23(29)27-25-16-18-9-8-12-20(15-18)30-19-10-4-3-5-11-19/h3-16H,2,17H2,1H3,(H,27,29)/b25-16+. The number of amides is 1. The maximum absolute atomic E-state index is 12.2. The van der Waals surface area contributed by atoms with Gasteiger partial charge in [0.25, 0.3) is 5.91 Å². The van der Waals surface area contributed by atoms with Crippen molar-refractivity contribution in [2.45, 2.75) is 18.6 Å². The fourth-order valence-corrected chi connectivity index (χ4v) is 3.96. The highest BCUT2D eigenvalue weighted by molar-refractivity contribution is 7.99. The Hall–Kier alpha value is -3.58. The van der Waals surface area contributed by atoms with E-state index in [0.717, 1.165) is 34.0 Å². The molecule has 0 aliphatic carbocycles. The van der Waals surface area contributed by atoms with Gasteiger partial charge in [-0.15, -0.1) is 0 Å². The highest BCUT2D eigenvalue weighted by Gasteiger charge is 2.11. The highest BCUT2D eigenvalue weighted by atomic mass is 32.2.